The third-order valence-electron chi connectivity index (χ3n) is 3.42. The molecule has 1 fully saturated rings. The topological polar surface area (TPSA) is 49.3 Å². The SMILES string of the molecule is CC(C)c1cc(/C=C2\SCNC2=O)cc(C(C)C)c1O. The molecule has 20 heavy (non-hydrogen) atoms. The quantitative estimate of drug-likeness (QED) is 0.833. The predicted molar refractivity (Wildman–Crippen MR) is 84.9 cm³/mol. The molecular formula is C16H21NO2S. The number of hydrogen-bond acceptors (Lipinski definition) is 3. The molecular weight excluding hydrogens is 270 g/mol. The van der Waals surface area contributed by atoms with E-state index in [9.17, 15) is 9.90 Å². The number of amides is 1. The van der Waals surface area contributed by atoms with Gasteiger partial charge in [-0.05, 0) is 46.7 Å². The van der Waals surface area contributed by atoms with Gasteiger partial charge >= 0.3 is 0 Å². The van der Waals surface area contributed by atoms with Crippen LogP contribution in [0.15, 0.2) is 17.0 Å². The maximum Gasteiger partial charge on any atom is 0.258 e. The number of thioether (sulfide) groups is 1. The summed E-state index contributed by atoms with van der Waals surface area (Å²) in [6, 6.07) is 3.95. The number of benzene rings is 1. The fourth-order valence-corrected chi connectivity index (χ4v) is 3.04. The van der Waals surface area contributed by atoms with Crippen LogP contribution in [0.25, 0.3) is 6.08 Å². The van der Waals surface area contributed by atoms with E-state index in [1.807, 2.05) is 18.2 Å². The van der Waals surface area contributed by atoms with E-state index in [0.29, 0.717) is 11.6 Å². The Hall–Kier alpha value is -1.42. The van der Waals surface area contributed by atoms with Crippen molar-refractivity contribution in [1.29, 1.82) is 0 Å². The first-order valence-corrected chi connectivity index (χ1v) is 7.88. The van der Waals surface area contributed by atoms with Gasteiger partial charge in [-0.2, -0.15) is 0 Å². The van der Waals surface area contributed by atoms with Crippen molar-refractivity contribution in [3.8, 4) is 5.75 Å². The van der Waals surface area contributed by atoms with E-state index >= 15 is 0 Å². The minimum atomic E-state index is -0.0136. The maximum absolute atomic E-state index is 11.6. The standard InChI is InChI=1S/C16H21NO2S/c1-9(2)12-5-11(6-13(10(3)4)15(12)18)7-14-16(19)17-8-20-14/h5-7,9-10,18H,8H2,1-4H3,(H,17,19)/b14-7-. The summed E-state index contributed by atoms with van der Waals surface area (Å²) in [6.07, 6.45) is 1.91. The van der Waals surface area contributed by atoms with Crippen LogP contribution in [-0.4, -0.2) is 16.9 Å². The third kappa shape index (κ3) is 3.01. The van der Waals surface area contributed by atoms with Gasteiger partial charge < -0.3 is 10.4 Å². The van der Waals surface area contributed by atoms with Crippen LogP contribution in [0.2, 0.25) is 0 Å². The lowest BCUT2D eigenvalue weighted by molar-refractivity contribution is -0.116. The van der Waals surface area contributed by atoms with E-state index in [0.717, 1.165) is 21.6 Å². The number of nitrogens with one attached hydrogen (secondary N) is 1. The second-order valence-electron chi connectivity index (χ2n) is 5.66. The van der Waals surface area contributed by atoms with E-state index in [1.54, 1.807) is 0 Å². The van der Waals surface area contributed by atoms with Gasteiger partial charge in [-0.1, -0.05) is 39.5 Å². The van der Waals surface area contributed by atoms with Crippen LogP contribution < -0.4 is 5.32 Å². The molecule has 0 atom stereocenters. The molecule has 3 nitrogen and oxygen atoms in total. The number of hydrogen-bond donors (Lipinski definition) is 2. The molecule has 2 N–H and O–H groups in total. The fraction of sp³-hybridized carbons (Fsp3) is 0.438. The summed E-state index contributed by atoms with van der Waals surface area (Å²) in [7, 11) is 0. The van der Waals surface area contributed by atoms with E-state index in [2.05, 4.69) is 33.0 Å². The van der Waals surface area contributed by atoms with Crippen LogP contribution in [0.4, 0.5) is 0 Å². The van der Waals surface area contributed by atoms with Crippen molar-refractivity contribution >= 4 is 23.7 Å². The second-order valence-corrected chi connectivity index (χ2v) is 6.68. The Labute approximate surface area is 124 Å². The Morgan fingerprint density at radius 2 is 1.75 bits per heavy atom. The smallest absolute Gasteiger partial charge is 0.258 e. The normalized spacial score (nSPS) is 17.3. The van der Waals surface area contributed by atoms with Gasteiger partial charge in [0.1, 0.15) is 5.75 Å². The molecule has 0 aliphatic carbocycles. The minimum absolute atomic E-state index is 0.0136. The Bertz CT molecular complexity index is 533. The summed E-state index contributed by atoms with van der Waals surface area (Å²) in [4.78, 5) is 12.4. The average molecular weight is 291 g/mol. The van der Waals surface area contributed by atoms with Crippen LogP contribution in [0, 0.1) is 0 Å². The maximum atomic E-state index is 11.6. The lowest BCUT2D eigenvalue weighted by Crippen LogP contribution is -2.13. The molecule has 2 rings (SSSR count). The highest BCUT2D eigenvalue weighted by atomic mass is 32.2. The Morgan fingerprint density at radius 3 is 2.15 bits per heavy atom. The summed E-state index contributed by atoms with van der Waals surface area (Å²) in [6.45, 7) is 8.25. The fourth-order valence-electron chi connectivity index (χ4n) is 2.26. The van der Waals surface area contributed by atoms with Crippen LogP contribution >= 0.6 is 11.8 Å². The Balaban J connectivity index is 2.51. The van der Waals surface area contributed by atoms with Crippen LogP contribution in [0.1, 0.15) is 56.2 Å². The van der Waals surface area contributed by atoms with Crippen LogP contribution in [0.5, 0.6) is 5.75 Å². The van der Waals surface area contributed by atoms with Crippen molar-refractivity contribution in [1.82, 2.24) is 5.32 Å². The van der Waals surface area contributed by atoms with E-state index in [4.69, 9.17) is 0 Å². The zero-order chi connectivity index (χ0) is 14.9. The van der Waals surface area contributed by atoms with Gasteiger partial charge in [0.05, 0.1) is 10.8 Å². The Morgan fingerprint density at radius 1 is 1.20 bits per heavy atom. The van der Waals surface area contributed by atoms with E-state index < -0.39 is 0 Å². The molecule has 4 heteroatoms. The highest BCUT2D eigenvalue weighted by Gasteiger charge is 2.19. The number of carbonyl (C=O) groups excluding carboxylic acids is 1. The first kappa shape index (κ1) is 15.0. The molecule has 1 saturated heterocycles. The molecule has 0 unspecified atom stereocenters. The third-order valence-corrected chi connectivity index (χ3v) is 4.32. The number of aromatic hydroxyl groups is 1. The molecule has 1 aromatic rings. The zero-order valence-electron chi connectivity index (χ0n) is 12.4. The summed E-state index contributed by atoms with van der Waals surface area (Å²) in [5, 5.41) is 13.1. The van der Waals surface area contributed by atoms with E-state index in [-0.39, 0.29) is 17.7 Å². The molecule has 1 aromatic carbocycles. The van der Waals surface area contributed by atoms with Crippen molar-refractivity contribution < 1.29 is 9.90 Å². The first-order chi connectivity index (χ1) is 9.40. The molecule has 1 aliphatic heterocycles. The average Bonchev–Trinajstić information content (AvgIpc) is 2.76. The van der Waals surface area contributed by atoms with Crippen molar-refractivity contribution in [2.45, 2.75) is 39.5 Å². The lowest BCUT2D eigenvalue weighted by atomic mass is 9.91. The molecule has 1 aliphatic rings. The number of phenols is 1. The number of phenolic OH excluding ortho intramolecular Hbond substituents is 1. The molecule has 1 heterocycles. The van der Waals surface area contributed by atoms with Gasteiger partial charge in [-0.15, -0.1) is 0 Å². The van der Waals surface area contributed by atoms with Gasteiger partial charge in [-0.3, -0.25) is 4.79 Å². The molecule has 1 amide bonds. The molecule has 0 saturated carbocycles. The molecule has 0 aromatic heterocycles. The second kappa shape index (κ2) is 5.92. The molecule has 0 spiro atoms. The summed E-state index contributed by atoms with van der Waals surface area (Å²) >= 11 is 1.52. The van der Waals surface area contributed by atoms with Crippen LogP contribution in [-0.2, 0) is 4.79 Å². The molecule has 0 bridgehead atoms. The van der Waals surface area contributed by atoms with Crippen LogP contribution in [0.3, 0.4) is 0 Å². The van der Waals surface area contributed by atoms with E-state index in [1.165, 1.54) is 11.8 Å². The summed E-state index contributed by atoms with van der Waals surface area (Å²) < 4.78 is 0. The van der Waals surface area contributed by atoms with Gasteiger partial charge in [-0.25, -0.2) is 0 Å². The van der Waals surface area contributed by atoms with Gasteiger partial charge in [0, 0.05) is 0 Å². The molecule has 0 radical (unpaired) electrons. The molecule has 108 valence electrons. The minimum Gasteiger partial charge on any atom is -0.507 e. The largest absolute Gasteiger partial charge is 0.507 e. The number of rotatable bonds is 3. The van der Waals surface area contributed by atoms with Gasteiger partial charge in [0.25, 0.3) is 5.91 Å². The van der Waals surface area contributed by atoms with Gasteiger partial charge in [0.15, 0.2) is 0 Å². The highest BCUT2D eigenvalue weighted by Crippen LogP contribution is 2.36. The lowest BCUT2D eigenvalue weighted by Gasteiger charge is -2.16. The first-order valence-electron chi connectivity index (χ1n) is 6.89. The van der Waals surface area contributed by atoms with Crippen molar-refractivity contribution in [3.05, 3.63) is 33.7 Å². The van der Waals surface area contributed by atoms with Crippen molar-refractivity contribution in [2.24, 2.45) is 0 Å². The predicted octanol–water partition coefficient (Wildman–Crippen LogP) is 3.80. The highest BCUT2D eigenvalue weighted by molar-refractivity contribution is 8.04. The summed E-state index contributed by atoms with van der Waals surface area (Å²) in [5.74, 6) is 1.50. The van der Waals surface area contributed by atoms with Gasteiger partial charge in [0.2, 0.25) is 0 Å². The Kier molecular flexibility index (Phi) is 4.43. The number of carbonyl (C=O) groups is 1. The monoisotopic (exact) mass is 291 g/mol. The van der Waals surface area contributed by atoms with Crippen molar-refractivity contribution in [2.75, 3.05) is 5.88 Å². The van der Waals surface area contributed by atoms with Crippen molar-refractivity contribution in [3.63, 3.8) is 0 Å². The summed E-state index contributed by atoms with van der Waals surface area (Å²) in [5.41, 5.74) is 2.85. The zero-order valence-corrected chi connectivity index (χ0v) is 13.2.